The number of likely N-dealkylation sites (N-methyl/N-ethyl adjacent to an activating group) is 1. The SMILES string of the molecule is CCN(CC)C1C(=O)C(C(N)=O)=C(O)C2(O)C(=O)C3=C(O)c4c(O)cc(C5CCCN5)c(C(F)(F)F)c4CC3CC12. The van der Waals surface area contributed by atoms with Gasteiger partial charge in [-0.1, -0.05) is 13.8 Å². The summed E-state index contributed by atoms with van der Waals surface area (Å²) < 4.78 is 43.8. The number of carbonyl (C=O) groups excluding carboxylic acids is 3. The number of aliphatic hydroxyl groups excluding tert-OH is 2. The molecule has 10 nitrogen and oxygen atoms in total. The smallest absolute Gasteiger partial charge is 0.417 e. The number of hydrogen-bond donors (Lipinski definition) is 6. The highest BCUT2D eigenvalue weighted by molar-refractivity contribution is 6.24. The highest BCUT2D eigenvalue weighted by Gasteiger charge is 2.64. The number of hydrogen-bond acceptors (Lipinski definition) is 9. The van der Waals surface area contributed by atoms with Gasteiger partial charge in [0.05, 0.1) is 17.2 Å². The predicted molar refractivity (Wildman–Crippen MR) is 138 cm³/mol. The first-order valence-corrected chi connectivity index (χ1v) is 13.6. The summed E-state index contributed by atoms with van der Waals surface area (Å²) in [6, 6.07) is -1.04. The Kier molecular flexibility index (Phi) is 6.98. The van der Waals surface area contributed by atoms with Gasteiger partial charge in [0.2, 0.25) is 5.78 Å². The van der Waals surface area contributed by atoms with Crippen LogP contribution in [0.15, 0.2) is 23.0 Å². The summed E-state index contributed by atoms with van der Waals surface area (Å²) in [4.78, 5) is 41.2. The molecule has 1 amide bonds. The van der Waals surface area contributed by atoms with Gasteiger partial charge in [0.1, 0.15) is 22.8 Å². The summed E-state index contributed by atoms with van der Waals surface area (Å²) in [6.07, 6.45) is -4.53. The topological polar surface area (TPSA) is 173 Å². The molecule has 0 bridgehead atoms. The van der Waals surface area contributed by atoms with Crippen molar-refractivity contribution in [3.05, 3.63) is 45.2 Å². The second-order valence-electron chi connectivity index (χ2n) is 11.1. The maximum Gasteiger partial charge on any atom is 0.417 e. The number of nitrogens with one attached hydrogen (secondary N) is 1. The second-order valence-corrected chi connectivity index (χ2v) is 11.1. The first-order valence-electron chi connectivity index (χ1n) is 13.6. The largest absolute Gasteiger partial charge is 0.508 e. The average molecular weight is 580 g/mol. The number of nitrogens with two attached hydrogens (primary N) is 1. The number of nitrogens with zero attached hydrogens (tertiary/aromatic N) is 1. The number of alkyl halides is 3. The summed E-state index contributed by atoms with van der Waals surface area (Å²) >= 11 is 0. The van der Waals surface area contributed by atoms with Crippen molar-refractivity contribution in [1.29, 1.82) is 0 Å². The molecule has 1 heterocycles. The van der Waals surface area contributed by atoms with Crippen LogP contribution in [-0.4, -0.2) is 74.1 Å². The molecule has 13 heteroatoms. The van der Waals surface area contributed by atoms with Crippen molar-refractivity contribution in [3.63, 3.8) is 0 Å². The van der Waals surface area contributed by atoms with Gasteiger partial charge >= 0.3 is 6.18 Å². The zero-order valence-electron chi connectivity index (χ0n) is 22.5. The Bertz CT molecular complexity index is 1410. The van der Waals surface area contributed by atoms with Crippen molar-refractivity contribution in [2.24, 2.45) is 17.6 Å². The molecule has 1 saturated carbocycles. The van der Waals surface area contributed by atoms with Gasteiger partial charge < -0.3 is 31.5 Å². The third-order valence-electron chi connectivity index (χ3n) is 9.12. The van der Waals surface area contributed by atoms with Crippen LogP contribution in [0, 0.1) is 11.8 Å². The number of ketones is 2. The highest BCUT2D eigenvalue weighted by Crippen LogP contribution is 2.55. The van der Waals surface area contributed by atoms with Crippen LogP contribution in [0.5, 0.6) is 5.75 Å². The molecule has 5 atom stereocenters. The molecule has 1 aromatic rings. The van der Waals surface area contributed by atoms with Crippen LogP contribution in [0.25, 0.3) is 5.76 Å². The Balaban J connectivity index is 1.76. The van der Waals surface area contributed by atoms with E-state index in [9.17, 15) is 48.0 Å². The van der Waals surface area contributed by atoms with Gasteiger partial charge in [0, 0.05) is 17.5 Å². The van der Waals surface area contributed by atoms with Crippen LogP contribution >= 0.6 is 0 Å². The van der Waals surface area contributed by atoms with Crippen molar-refractivity contribution in [2.75, 3.05) is 19.6 Å². The lowest BCUT2D eigenvalue weighted by Crippen LogP contribution is -2.66. The first kappa shape index (κ1) is 29.1. The van der Waals surface area contributed by atoms with Gasteiger partial charge in [0.25, 0.3) is 5.91 Å². The molecular formula is C28H32F3N3O7. The molecule has 2 fully saturated rings. The number of benzene rings is 1. The molecule has 3 aliphatic carbocycles. The van der Waals surface area contributed by atoms with Crippen molar-refractivity contribution >= 4 is 23.2 Å². The van der Waals surface area contributed by atoms with Gasteiger partial charge in [-0.2, -0.15) is 13.2 Å². The molecule has 1 aromatic carbocycles. The number of fused-ring (bicyclic) bond motifs is 3. The number of amides is 1. The monoisotopic (exact) mass is 579 g/mol. The van der Waals surface area contributed by atoms with E-state index in [1.54, 1.807) is 18.7 Å². The van der Waals surface area contributed by atoms with Gasteiger partial charge in [-0.05, 0) is 68.4 Å². The third-order valence-corrected chi connectivity index (χ3v) is 9.12. The molecule has 0 aromatic heterocycles. The van der Waals surface area contributed by atoms with Gasteiger partial charge in [0.15, 0.2) is 11.4 Å². The van der Waals surface area contributed by atoms with E-state index in [4.69, 9.17) is 5.73 Å². The van der Waals surface area contributed by atoms with E-state index in [1.807, 2.05) is 0 Å². The fourth-order valence-electron chi connectivity index (χ4n) is 7.35. The molecule has 0 radical (unpaired) electrons. The zero-order chi connectivity index (χ0) is 30.2. The standard InChI is InChI=1S/C28H32F3N3O7/c1-3-34(4-2)21-14-9-11-8-13-18(16(35)10-12(15-6-5-7-33-15)20(13)28(29,30)31)22(36)17(11)24(38)27(14,41)25(39)19(23(21)37)26(32)40/h10-11,14-15,21,33,35-36,39,41H,3-9H2,1-2H3,(H2,32,40). The minimum atomic E-state index is -4.86. The lowest BCUT2D eigenvalue weighted by molar-refractivity contribution is -0.154. The molecule has 0 spiro atoms. The summed E-state index contributed by atoms with van der Waals surface area (Å²) in [5.74, 6) is -8.86. The molecule has 5 unspecified atom stereocenters. The number of aromatic hydroxyl groups is 1. The Morgan fingerprint density at radius 2 is 1.85 bits per heavy atom. The van der Waals surface area contributed by atoms with Crippen LogP contribution in [0.2, 0.25) is 0 Å². The van der Waals surface area contributed by atoms with Crippen molar-refractivity contribution < 1.29 is 48.0 Å². The number of aliphatic hydroxyl groups is 3. The van der Waals surface area contributed by atoms with Gasteiger partial charge in [-0.15, -0.1) is 0 Å². The number of primary amides is 1. The molecule has 1 aliphatic heterocycles. The summed E-state index contributed by atoms with van der Waals surface area (Å²) in [6.45, 7) is 4.39. The minimum absolute atomic E-state index is 0.165. The summed E-state index contributed by atoms with van der Waals surface area (Å²) in [5, 5.41) is 47.9. The molecule has 1 saturated heterocycles. The lowest BCUT2D eigenvalue weighted by Gasteiger charge is -2.51. The van der Waals surface area contributed by atoms with E-state index in [0.717, 1.165) is 6.07 Å². The Labute approximate surface area is 233 Å². The van der Waals surface area contributed by atoms with E-state index in [1.165, 1.54) is 0 Å². The number of rotatable bonds is 5. The molecular weight excluding hydrogens is 547 g/mol. The molecule has 5 rings (SSSR count). The van der Waals surface area contributed by atoms with Crippen LogP contribution in [-0.2, 0) is 27.0 Å². The number of phenolic OH excluding ortho intramolecular Hbond substituents is 1. The van der Waals surface area contributed by atoms with E-state index in [-0.39, 0.29) is 30.6 Å². The van der Waals surface area contributed by atoms with Crippen molar-refractivity contribution in [2.45, 2.75) is 63.4 Å². The van der Waals surface area contributed by atoms with Crippen LogP contribution in [0.1, 0.15) is 61.4 Å². The number of phenols is 1. The molecule has 41 heavy (non-hydrogen) atoms. The van der Waals surface area contributed by atoms with E-state index >= 15 is 0 Å². The Morgan fingerprint density at radius 1 is 1.20 bits per heavy atom. The van der Waals surface area contributed by atoms with Gasteiger partial charge in [-0.3, -0.25) is 19.3 Å². The van der Waals surface area contributed by atoms with E-state index in [0.29, 0.717) is 19.4 Å². The second kappa shape index (κ2) is 9.85. The first-order chi connectivity index (χ1) is 19.2. The van der Waals surface area contributed by atoms with Crippen LogP contribution in [0.4, 0.5) is 13.2 Å². The summed E-state index contributed by atoms with van der Waals surface area (Å²) in [7, 11) is 0. The zero-order valence-corrected chi connectivity index (χ0v) is 22.5. The maximum absolute atomic E-state index is 14.6. The molecule has 222 valence electrons. The normalized spacial score (nSPS) is 30.0. The lowest BCUT2D eigenvalue weighted by atomic mass is 9.57. The van der Waals surface area contributed by atoms with Crippen LogP contribution < -0.4 is 11.1 Å². The molecule has 7 N–H and O–H groups in total. The van der Waals surface area contributed by atoms with Crippen molar-refractivity contribution in [1.82, 2.24) is 10.2 Å². The highest BCUT2D eigenvalue weighted by atomic mass is 19.4. The minimum Gasteiger partial charge on any atom is -0.508 e. The van der Waals surface area contributed by atoms with Crippen molar-refractivity contribution in [3.8, 4) is 5.75 Å². The van der Waals surface area contributed by atoms with E-state index in [2.05, 4.69) is 5.32 Å². The van der Waals surface area contributed by atoms with E-state index < -0.39 is 99.1 Å². The quantitative estimate of drug-likeness (QED) is 0.286. The maximum atomic E-state index is 14.6. The summed E-state index contributed by atoms with van der Waals surface area (Å²) in [5.41, 5.74) is -1.08. The Hall–Kier alpha value is -3.42. The number of carbonyl (C=O) groups is 3. The Morgan fingerprint density at radius 3 is 2.39 bits per heavy atom. The number of Topliss-reactive ketones (excluding diaryl/α,β-unsaturated/α-hetero) is 2. The average Bonchev–Trinajstić information content (AvgIpc) is 3.42. The molecule has 4 aliphatic rings. The van der Waals surface area contributed by atoms with Gasteiger partial charge in [-0.25, -0.2) is 0 Å². The van der Waals surface area contributed by atoms with Crippen LogP contribution in [0.3, 0.4) is 0 Å². The fraction of sp³-hybridized carbons (Fsp3) is 0.536. The number of halogens is 3. The predicted octanol–water partition coefficient (Wildman–Crippen LogP) is 2.19. The fourth-order valence-corrected chi connectivity index (χ4v) is 7.35. The third kappa shape index (κ3) is 4.08.